The molecular formula is C14H21NS. The second kappa shape index (κ2) is 4.15. The van der Waals surface area contributed by atoms with Crippen LogP contribution in [0.5, 0.6) is 0 Å². The summed E-state index contributed by atoms with van der Waals surface area (Å²) < 4.78 is 0. The third kappa shape index (κ3) is 1.63. The van der Waals surface area contributed by atoms with Gasteiger partial charge in [-0.25, -0.2) is 0 Å². The topological polar surface area (TPSA) is 26.0 Å². The second-order valence-electron chi connectivity index (χ2n) is 5.44. The summed E-state index contributed by atoms with van der Waals surface area (Å²) in [6, 6.07) is 2.52. The van der Waals surface area contributed by atoms with Gasteiger partial charge in [-0.3, -0.25) is 0 Å². The molecule has 0 aliphatic heterocycles. The molecule has 16 heavy (non-hydrogen) atoms. The van der Waals surface area contributed by atoms with Gasteiger partial charge in [-0.05, 0) is 63.1 Å². The van der Waals surface area contributed by atoms with Crippen LogP contribution in [-0.4, -0.2) is 6.54 Å². The van der Waals surface area contributed by atoms with E-state index in [0.717, 1.165) is 6.54 Å². The van der Waals surface area contributed by atoms with Gasteiger partial charge in [0.25, 0.3) is 0 Å². The molecule has 0 unspecified atom stereocenters. The summed E-state index contributed by atoms with van der Waals surface area (Å²) in [5.74, 6) is 0. The molecule has 1 saturated carbocycles. The molecule has 0 aromatic carbocycles. The Kier molecular flexibility index (Phi) is 2.80. The molecule has 2 N–H and O–H groups in total. The first-order valence-electron chi connectivity index (χ1n) is 6.66. The van der Waals surface area contributed by atoms with E-state index in [0.29, 0.717) is 5.41 Å². The molecule has 88 valence electrons. The highest BCUT2D eigenvalue weighted by Crippen LogP contribution is 2.49. The van der Waals surface area contributed by atoms with Gasteiger partial charge >= 0.3 is 0 Å². The smallest absolute Gasteiger partial charge is 0.0113 e. The van der Waals surface area contributed by atoms with Crippen LogP contribution in [0.15, 0.2) is 6.07 Å². The average Bonchev–Trinajstić information content (AvgIpc) is 2.66. The minimum atomic E-state index is 0.497. The largest absolute Gasteiger partial charge is 0.330 e. The Bertz CT molecular complexity index is 353. The van der Waals surface area contributed by atoms with E-state index in [9.17, 15) is 0 Å². The van der Waals surface area contributed by atoms with Crippen LogP contribution in [0.3, 0.4) is 0 Å². The van der Waals surface area contributed by atoms with Gasteiger partial charge in [0, 0.05) is 15.2 Å². The fourth-order valence-corrected chi connectivity index (χ4v) is 4.78. The minimum absolute atomic E-state index is 0.497. The van der Waals surface area contributed by atoms with Crippen molar-refractivity contribution in [1.82, 2.24) is 0 Å². The van der Waals surface area contributed by atoms with Crippen molar-refractivity contribution in [2.45, 2.75) is 56.8 Å². The molecule has 3 rings (SSSR count). The maximum Gasteiger partial charge on any atom is 0.0113 e. The summed E-state index contributed by atoms with van der Waals surface area (Å²) in [6.45, 7) is 0.850. The van der Waals surface area contributed by atoms with E-state index in [1.165, 1.54) is 51.4 Å². The normalized spacial score (nSPS) is 22.6. The highest BCUT2D eigenvalue weighted by atomic mass is 32.1. The molecule has 1 nitrogen and oxygen atoms in total. The van der Waals surface area contributed by atoms with Gasteiger partial charge in [0.05, 0.1) is 0 Å². The Labute approximate surface area is 102 Å². The quantitative estimate of drug-likeness (QED) is 0.854. The van der Waals surface area contributed by atoms with Crippen LogP contribution in [-0.2, 0) is 18.3 Å². The molecule has 1 fully saturated rings. The Balaban J connectivity index is 1.90. The van der Waals surface area contributed by atoms with Crippen LogP contribution in [0.2, 0.25) is 0 Å². The highest BCUT2D eigenvalue weighted by molar-refractivity contribution is 7.12. The Hall–Kier alpha value is -0.340. The summed E-state index contributed by atoms with van der Waals surface area (Å²) in [7, 11) is 0. The number of nitrogens with two attached hydrogens (primary N) is 1. The molecule has 0 atom stereocenters. The lowest BCUT2D eigenvalue weighted by molar-refractivity contribution is 0.234. The van der Waals surface area contributed by atoms with Crippen LogP contribution in [0.1, 0.15) is 53.8 Å². The van der Waals surface area contributed by atoms with Crippen LogP contribution < -0.4 is 5.73 Å². The summed E-state index contributed by atoms with van der Waals surface area (Å²) in [5, 5.41) is 0. The zero-order valence-electron chi connectivity index (χ0n) is 9.93. The number of hydrogen-bond donors (Lipinski definition) is 1. The highest BCUT2D eigenvalue weighted by Gasteiger charge is 2.39. The van der Waals surface area contributed by atoms with Crippen molar-refractivity contribution in [2.24, 2.45) is 5.73 Å². The maximum atomic E-state index is 5.79. The summed E-state index contributed by atoms with van der Waals surface area (Å²) in [6.07, 6.45) is 10.8. The monoisotopic (exact) mass is 235 g/mol. The van der Waals surface area contributed by atoms with E-state index in [1.54, 1.807) is 15.3 Å². The molecule has 2 heteroatoms. The zero-order valence-corrected chi connectivity index (χ0v) is 10.7. The molecule has 0 radical (unpaired) electrons. The van der Waals surface area contributed by atoms with E-state index in [2.05, 4.69) is 17.4 Å². The van der Waals surface area contributed by atoms with Gasteiger partial charge in [0.1, 0.15) is 0 Å². The summed E-state index contributed by atoms with van der Waals surface area (Å²) in [4.78, 5) is 3.35. The molecule has 0 saturated heterocycles. The summed E-state index contributed by atoms with van der Waals surface area (Å²) in [5.41, 5.74) is 7.95. The van der Waals surface area contributed by atoms with Gasteiger partial charge in [0.15, 0.2) is 0 Å². The number of aryl methyl sites for hydroxylation is 2. The van der Waals surface area contributed by atoms with Gasteiger partial charge < -0.3 is 5.73 Å². The first kappa shape index (κ1) is 10.8. The molecule has 0 amide bonds. The number of hydrogen-bond acceptors (Lipinski definition) is 2. The minimum Gasteiger partial charge on any atom is -0.330 e. The van der Waals surface area contributed by atoms with Gasteiger partial charge in [-0.1, -0.05) is 6.42 Å². The van der Waals surface area contributed by atoms with Crippen molar-refractivity contribution in [3.05, 3.63) is 21.4 Å². The van der Waals surface area contributed by atoms with Crippen molar-refractivity contribution >= 4 is 11.3 Å². The van der Waals surface area contributed by atoms with Gasteiger partial charge in [0.2, 0.25) is 0 Å². The first-order chi connectivity index (χ1) is 7.84. The van der Waals surface area contributed by atoms with Gasteiger partial charge in [-0.2, -0.15) is 0 Å². The summed E-state index contributed by atoms with van der Waals surface area (Å²) >= 11 is 2.10. The van der Waals surface area contributed by atoms with Crippen molar-refractivity contribution < 1.29 is 0 Å². The fourth-order valence-electron chi connectivity index (χ4n) is 3.25. The van der Waals surface area contributed by atoms with Crippen LogP contribution >= 0.6 is 11.3 Å². The van der Waals surface area contributed by atoms with Crippen molar-refractivity contribution in [1.29, 1.82) is 0 Å². The van der Waals surface area contributed by atoms with Crippen molar-refractivity contribution in [2.75, 3.05) is 6.54 Å². The first-order valence-corrected chi connectivity index (χ1v) is 7.48. The van der Waals surface area contributed by atoms with Gasteiger partial charge in [-0.15, -0.1) is 11.3 Å². The Morgan fingerprint density at radius 3 is 2.62 bits per heavy atom. The molecule has 2 aliphatic rings. The Morgan fingerprint density at radius 2 is 2.00 bits per heavy atom. The molecule has 2 aliphatic carbocycles. The SMILES string of the molecule is NCCC1(c2cc3c(s2)CCCC3)CCC1. The fraction of sp³-hybridized carbons (Fsp3) is 0.714. The number of rotatable bonds is 3. The van der Waals surface area contributed by atoms with E-state index in [4.69, 9.17) is 5.73 Å². The van der Waals surface area contributed by atoms with E-state index in [1.807, 2.05) is 0 Å². The van der Waals surface area contributed by atoms with Crippen molar-refractivity contribution in [3.63, 3.8) is 0 Å². The predicted octanol–water partition coefficient (Wildman–Crippen LogP) is 3.40. The number of thiophene rings is 1. The lowest BCUT2D eigenvalue weighted by Crippen LogP contribution is -2.35. The lowest BCUT2D eigenvalue weighted by atomic mass is 9.65. The van der Waals surface area contributed by atoms with Crippen molar-refractivity contribution in [3.8, 4) is 0 Å². The average molecular weight is 235 g/mol. The lowest BCUT2D eigenvalue weighted by Gasteiger charge is -2.41. The van der Waals surface area contributed by atoms with E-state index in [-0.39, 0.29) is 0 Å². The molecule has 0 bridgehead atoms. The molecule has 1 aromatic heterocycles. The standard InChI is InChI=1S/C14H21NS/c15-9-8-14(6-3-7-14)13-10-11-4-1-2-5-12(11)16-13/h10H,1-9,15H2. The van der Waals surface area contributed by atoms with E-state index >= 15 is 0 Å². The Morgan fingerprint density at radius 1 is 1.19 bits per heavy atom. The molecule has 1 aromatic rings. The number of fused-ring (bicyclic) bond motifs is 1. The van der Waals surface area contributed by atoms with Crippen LogP contribution in [0.25, 0.3) is 0 Å². The van der Waals surface area contributed by atoms with E-state index < -0.39 is 0 Å². The van der Waals surface area contributed by atoms with Crippen LogP contribution in [0, 0.1) is 0 Å². The third-order valence-electron chi connectivity index (χ3n) is 4.45. The zero-order chi connectivity index (χ0) is 11.0. The molecule has 0 spiro atoms. The predicted molar refractivity (Wildman–Crippen MR) is 70.2 cm³/mol. The maximum absolute atomic E-state index is 5.79. The molecule has 1 heterocycles. The molecular weight excluding hydrogens is 214 g/mol. The van der Waals surface area contributed by atoms with Crippen LogP contribution in [0.4, 0.5) is 0 Å². The second-order valence-corrected chi connectivity index (χ2v) is 6.58. The third-order valence-corrected chi connectivity index (χ3v) is 5.94.